The van der Waals surface area contributed by atoms with E-state index in [9.17, 15) is 5.11 Å². The first-order chi connectivity index (χ1) is 6.07. The Labute approximate surface area is 94.4 Å². The summed E-state index contributed by atoms with van der Waals surface area (Å²) in [6.45, 7) is 4.25. The molecule has 1 aliphatic rings. The molecule has 5 N–H and O–H groups in total. The Morgan fingerprint density at radius 3 is 2.87 bits per heavy atom. The lowest BCUT2D eigenvalue weighted by atomic mass is 9.99. The van der Waals surface area contributed by atoms with Gasteiger partial charge in [-0.2, -0.15) is 0 Å². The Balaban J connectivity index is 0.000000980. The van der Waals surface area contributed by atoms with Gasteiger partial charge in [0.25, 0.3) is 0 Å². The molecule has 1 aliphatic heterocycles. The van der Waals surface area contributed by atoms with E-state index in [2.05, 4.69) is 15.7 Å². The van der Waals surface area contributed by atoms with Gasteiger partial charge >= 0.3 is 0 Å². The molecule has 2 rings (SSSR count). The summed E-state index contributed by atoms with van der Waals surface area (Å²) in [6.07, 6.45) is 3.55. The van der Waals surface area contributed by atoms with Crippen molar-refractivity contribution in [2.45, 2.75) is 25.5 Å². The Morgan fingerprint density at radius 1 is 1.60 bits per heavy atom. The van der Waals surface area contributed by atoms with E-state index < -0.39 is 5.60 Å². The summed E-state index contributed by atoms with van der Waals surface area (Å²) in [5.41, 5.74) is 2.39. The van der Waals surface area contributed by atoms with Gasteiger partial charge in [0.2, 0.25) is 5.95 Å². The maximum atomic E-state index is 9.77. The second-order valence-corrected chi connectivity index (χ2v) is 3.83. The van der Waals surface area contributed by atoms with Crippen molar-refractivity contribution in [1.82, 2.24) is 9.66 Å². The van der Waals surface area contributed by atoms with Gasteiger partial charge in [-0.25, -0.2) is 9.66 Å². The van der Waals surface area contributed by atoms with Crippen molar-refractivity contribution < 1.29 is 10.6 Å². The summed E-state index contributed by atoms with van der Waals surface area (Å²) in [6, 6.07) is -0.0117. The summed E-state index contributed by atoms with van der Waals surface area (Å²) >= 11 is 0. The molecule has 7 heteroatoms. The van der Waals surface area contributed by atoms with Crippen molar-refractivity contribution in [2.75, 3.05) is 17.3 Å². The average Bonchev–Trinajstić information content (AvgIpc) is 2.47. The first-order valence-corrected chi connectivity index (χ1v) is 4.33. The van der Waals surface area contributed by atoms with E-state index in [-0.39, 0.29) is 23.9 Å². The molecular weight excluding hydrogens is 220 g/mol. The van der Waals surface area contributed by atoms with Gasteiger partial charge in [-0.1, -0.05) is 0 Å². The molecule has 0 amide bonds. The van der Waals surface area contributed by atoms with Crippen LogP contribution in [0.15, 0.2) is 12.4 Å². The molecule has 0 aromatic carbocycles. The standard InChI is InChI=1S/C8H14N4O.ClH.H2O/c1-8(2,13)6-5-10-12-4-3-9-7(12)11-6;;/h3-4,6,10,13H,5H2,1-2H3,(H,9,11);1H;1H2. The predicted molar refractivity (Wildman–Crippen MR) is 61.0 cm³/mol. The molecule has 0 radical (unpaired) electrons. The molecular formula is C8H17ClN4O2. The minimum absolute atomic E-state index is 0. The first kappa shape index (κ1) is 14.0. The Kier molecular flexibility index (Phi) is 4.39. The highest BCUT2D eigenvalue weighted by Crippen LogP contribution is 2.17. The van der Waals surface area contributed by atoms with E-state index in [1.165, 1.54) is 0 Å². The van der Waals surface area contributed by atoms with Gasteiger partial charge in [0.05, 0.1) is 18.2 Å². The molecule has 1 unspecified atom stereocenters. The smallest absolute Gasteiger partial charge is 0.222 e. The number of aromatic nitrogens is 2. The van der Waals surface area contributed by atoms with Crippen LogP contribution in [0.1, 0.15) is 13.8 Å². The zero-order chi connectivity index (χ0) is 9.47. The molecule has 0 saturated heterocycles. The summed E-state index contributed by atoms with van der Waals surface area (Å²) in [7, 11) is 0. The van der Waals surface area contributed by atoms with Crippen LogP contribution in [0, 0.1) is 0 Å². The van der Waals surface area contributed by atoms with Crippen molar-refractivity contribution >= 4 is 18.4 Å². The van der Waals surface area contributed by atoms with Gasteiger partial charge < -0.3 is 21.3 Å². The molecule has 6 nitrogen and oxygen atoms in total. The third-order valence-corrected chi connectivity index (χ3v) is 2.26. The molecule has 0 spiro atoms. The largest absolute Gasteiger partial charge is 0.412 e. The minimum Gasteiger partial charge on any atom is -0.412 e. The van der Waals surface area contributed by atoms with Crippen LogP contribution in [0.2, 0.25) is 0 Å². The lowest BCUT2D eigenvalue weighted by Gasteiger charge is -2.34. The van der Waals surface area contributed by atoms with Gasteiger partial charge in [0.1, 0.15) is 0 Å². The second-order valence-electron chi connectivity index (χ2n) is 3.83. The quantitative estimate of drug-likeness (QED) is 0.618. The highest BCUT2D eigenvalue weighted by Gasteiger charge is 2.30. The molecule has 1 aromatic heterocycles. The van der Waals surface area contributed by atoms with Crippen LogP contribution in [-0.4, -0.2) is 38.4 Å². The van der Waals surface area contributed by atoms with Crippen molar-refractivity contribution in [2.24, 2.45) is 0 Å². The normalized spacial score (nSPS) is 18.7. The fourth-order valence-corrected chi connectivity index (χ4v) is 1.36. The van der Waals surface area contributed by atoms with Gasteiger partial charge in [0.15, 0.2) is 0 Å². The second kappa shape index (κ2) is 4.69. The molecule has 15 heavy (non-hydrogen) atoms. The van der Waals surface area contributed by atoms with Crippen LogP contribution in [-0.2, 0) is 0 Å². The van der Waals surface area contributed by atoms with Gasteiger partial charge in [-0.15, -0.1) is 12.4 Å². The molecule has 2 heterocycles. The van der Waals surface area contributed by atoms with E-state index in [4.69, 9.17) is 0 Å². The van der Waals surface area contributed by atoms with E-state index in [0.717, 1.165) is 5.95 Å². The third kappa shape index (κ3) is 2.74. The van der Waals surface area contributed by atoms with Crippen LogP contribution in [0.3, 0.4) is 0 Å². The highest BCUT2D eigenvalue weighted by atomic mass is 35.5. The summed E-state index contributed by atoms with van der Waals surface area (Å²) in [5.74, 6) is 0.748. The number of imidazole rings is 1. The predicted octanol–water partition coefficient (Wildman–Crippen LogP) is -0.411. The number of halogens is 1. The van der Waals surface area contributed by atoms with Crippen molar-refractivity contribution in [3.8, 4) is 0 Å². The highest BCUT2D eigenvalue weighted by molar-refractivity contribution is 5.85. The Morgan fingerprint density at radius 2 is 2.27 bits per heavy atom. The number of aliphatic hydroxyl groups is 1. The zero-order valence-electron chi connectivity index (χ0n) is 8.69. The van der Waals surface area contributed by atoms with E-state index in [1.807, 2.05) is 10.9 Å². The van der Waals surface area contributed by atoms with Gasteiger partial charge in [0, 0.05) is 12.4 Å². The van der Waals surface area contributed by atoms with Gasteiger partial charge in [-0.05, 0) is 13.8 Å². The number of anilines is 1. The number of nitrogens with zero attached hydrogens (tertiary/aromatic N) is 2. The molecule has 0 aliphatic carbocycles. The number of hydrogen-bond acceptors (Lipinski definition) is 4. The molecule has 1 aromatic rings. The molecule has 0 bridgehead atoms. The molecule has 88 valence electrons. The van der Waals surface area contributed by atoms with Crippen LogP contribution < -0.4 is 10.7 Å². The maximum Gasteiger partial charge on any atom is 0.222 e. The van der Waals surface area contributed by atoms with Crippen LogP contribution in [0.4, 0.5) is 5.95 Å². The lowest BCUT2D eigenvalue weighted by molar-refractivity contribution is 0.0605. The number of hydrogen-bond donors (Lipinski definition) is 3. The summed E-state index contributed by atoms with van der Waals surface area (Å²) in [5, 5.41) is 12.9. The van der Waals surface area contributed by atoms with Crippen LogP contribution in [0.5, 0.6) is 0 Å². The van der Waals surface area contributed by atoms with E-state index in [0.29, 0.717) is 6.54 Å². The first-order valence-electron chi connectivity index (χ1n) is 4.33. The summed E-state index contributed by atoms with van der Waals surface area (Å²) < 4.78 is 1.81. The lowest BCUT2D eigenvalue weighted by Crippen LogP contribution is -2.51. The zero-order valence-corrected chi connectivity index (χ0v) is 9.51. The summed E-state index contributed by atoms with van der Waals surface area (Å²) in [4.78, 5) is 4.10. The number of fused-ring (bicyclic) bond motifs is 1. The Hall–Kier alpha value is -0.980. The maximum absolute atomic E-state index is 9.77. The molecule has 1 atom stereocenters. The number of rotatable bonds is 1. The SMILES string of the molecule is CC(C)(O)C1CNn2ccnc2N1.Cl.O. The van der Waals surface area contributed by atoms with Crippen molar-refractivity contribution in [3.63, 3.8) is 0 Å². The fraction of sp³-hybridized carbons (Fsp3) is 0.625. The molecule has 0 fully saturated rings. The van der Waals surface area contributed by atoms with Crippen LogP contribution in [0.25, 0.3) is 0 Å². The third-order valence-electron chi connectivity index (χ3n) is 2.26. The monoisotopic (exact) mass is 236 g/mol. The van der Waals surface area contributed by atoms with E-state index >= 15 is 0 Å². The topological polar surface area (TPSA) is 93.6 Å². The van der Waals surface area contributed by atoms with Crippen molar-refractivity contribution in [3.05, 3.63) is 12.4 Å². The fourth-order valence-electron chi connectivity index (χ4n) is 1.36. The van der Waals surface area contributed by atoms with Crippen LogP contribution >= 0.6 is 12.4 Å². The van der Waals surface area contributed by atoms with E-state index in [1.54, 1.807) is 20.0 Å². The van der Waals surface area contributed by atoms with Crippen molar-refractivity contribution in [1.29, 1.82) is 0 Å². The van der Waals surface area contributed by atoms with Gasteiger partial charge in [-0.3, -0.25) is 0 Å². The average molecular weight is 237 g/mol. The minimum atomic E-state index is -0.746. The molecule has 0 saturated carbocycles. The Bertz CT molecular complexity index is 310. The number of nitrogens with one attached hydrogen (secondary N) is 2.